The van der Waals surface area contributed by atoms with Gasteiger partial charge in [0, 0.05) is 43.3 Å². The third kappa shape index (κ3) is 5.67. The van der Waals surface area contributed by atoms with Gasteiger partial charge in [-0.05, 0) is 44.5 Å². The number of amides is 1. The van der Waals surface area contributed by atoms with Gasteiger partial charge in [-0.15, -0.1) is 0 Å². The molecule has 166 valence electrons. The van der Waals surface area contributed by atoms with Crippen LogP contribution in [0.2, 0.25) is 0 Å². The second-order valence-corrected chi connectivity index (χ2v) is 9.11. The van der Waals surface area contributed by atoms with E-state index in [-0.39, 0.29) is 12.2 Å². The Bertz CT molecular complexity index is 1020. The number of piperidine rings is 1. The fourth-order valence-electron chi connectivity index (χ4n) is 3.75. The molecule has 1 aliphatic heterocycles. The molecule has 5 heteroatoms. The van der Waals surface area contributed by atoms with Crippen molar-refractivity contribution in [2.75, 3.05) is 13.1 Å². The summed E-state index contributed by atoms with van der Waals surface area (Å²) in [6.45, 7) is 6.96. The van der Waals surface area contributed by atoms with Crippen LogP contribution in [-0.4, -0.2) is 40.8 Å². The summed E-state index contributed by atoms with van der Waals surface area (Å²) in [5, 5.41) is 0. The molecule has 2 heterocycles. The molecule has 1 aromatic heterocycles. The van der Waals surface area contributed by atoms with Gasteiger partial charge in [0.05, 0.1) is 5.69 Å². The molecule has 1 saturated heterocycles. The molecule has 0 saturated carbocycles. The molecule has 0 bridgehead atoms. The molecule has 0 atom stereocenters. The zero-order valence-corrected chi connectivity index (χ0v) is 19.0. The Labute approximate surface area is 190 Å². The van der Waals surface area contributed by atoms with E-state index in [1.54, 1.807) is 4.90 Å². The number of hydrogen-bond donors (Lipinski definition) is 0. The molecular formula is C27H30N2O3. The Morgan fingerprint density at radius 3 is 2.12 bits per heavy atom. The molecule has 0 spiro atoms. The van der Waals surface area contributed by atoms with E-state index < -0.39 is 5.60 Å². The lowest BCUT2D eigenvalue weighted by molar-refractivity contribution is 0.0126. The molecule has 0 unspecified atom stereocenters. The van der Waals surface area contributed by atoms with Crippen molar-refractivity contribution in [2.24, 2.45) is 0 Å². The Kier molecular flexibility index (Phi) is 6.45. The average Bonchev–Trinajstić information content (AvgIpc) is 2.80. The van der Waals surface area contributed by atoms with Crippen molar-refractivity contribution in [3.63, 3.8) is 0 Å². The van der Waals surface area contributed by atoms with Crippen LogP contribution in [-0.2, 0) is 4.74 Å². The summed E-state index contributed by atoms with van der Waals surface area (Å²) >= 11 is 0. The maximum atomic E-state index is 12.2. The number of nitrogens with zero attached hydrogens (tertiary/aromatic N) is 2. The summed E-state index contributed by atoms with van der Waals surface area (Å²) < 4.78 is 11.6. The lowest BCUT2D eigenvalue weighted by atomic mass is 10.1. The van der Waals surface area contributed by atoms with E-state index in [9.17, 15) is 4.79 Å². The summed E-state index contributed by atoms with van der Waals surface area (Å²) in [6.07, 6.45) is 3.36. The standard InChI is InChI=1S/C27H30N2O3/c1-27(2,3)32-26(30)29-17-15-24(16-18-29)31-23-12-9-20(10-13-23)22-11-14-25(28-19-22)21-7-5-4-6-8-21/h4-14,19,24H,15-18H2,1-3H3. The molecule has 1 fully saturated rings. The van der Waals surface area contributed by atoms with E-state index in [1.807, 2.05) is 63.4 Å². The number of pyridine rings is 1. The van der Waals surface area contributed by atoms with Gasteiger partial charge in [0.2, 0.25) is 0 Å². The van der Waals surface area contributed by atoms with E-state index in [1.165, 1.54) is 0 Å². The van der Waals surface area contributed by atoms with Crippen molar-refractivity contribution >= 4 is 6.09 Å². The van der Waals surface area contributed by atoms with E-state index in [0.717, 1.165) is 41.0 Å². The third-order valence-electron chi connectivity index (χ3n) is 5.42. The van der Waals surface area contributed by atoms with Gasteiger partial charge < -0.3 is 14.4 Å². The second-order valence-electron chi connectivity index (χ2n) is 9.11. The van der Waals surface area contributed by atoms with E-state index in [0.29, 0.717) is 13.1 Å². The largest absolute Gasteiger partial charge is 0.490 e. The zero-order chi connectivity index (χ0) is 22.6. The van der Waals surface area contributed by atoms with Crippen molar-refractivity contribution in [1.29, 1.82) is 0 Å². The van der Waals surface area contributed by atoms with E-state index in [4.69, 9.17) is 9.47 Å². The molecule has 3 aromatic rings. The summed E-state index contributed by atoms with van der Waals surface area (Å²) in [5.41, 5.74) is 3.78. The predicted octanol–water partition coefficient (Wildman–Crippen LogP) is 6.19. The third-order valence-corrected chi connectivity index (χ3v) is 5.42. The van der Waals surface area contributed by atoms with Gasteiger partial charge in [-0.3, -0.25) is 4.98 Å². The maximum absolute atomic E-state index is 12.2. The summed E-state index contributed by atoms with van der Waals surface area (Å²) in [4.78, 5) is 18.6. The Balaban J connectivity index is 1.31. The Morgan fingerprint density at radius 2 is 1.53 bits per heavy atom. The maximum Gasteiger partial charge on any atom is 0.410 e. The molecule has 4 rings (SSSR count). The molecule has 1 aliphatic rings. The van der Waals surface area contributed by atoms with Gasteiger partial charge in [0.1, 0.15) is 17.5 Å². The fourth-order valence-corrected chi connectivity index (χ4v) is 3.75. The first-order valence-corrected chi connectivity index (χ1v) is 11.1. The highest BCUT2D eigenvalue weighted by Gasteiger charge is 2.27. The minimum Gasteiger partial charge on any atom is -0.490 e. The van der Waals surface area contributed by atoms with Crippen LogP contribution in [0.25, 0.3) is 22.4 Å². The molecule has 0 aliphatic carbocycles. The number of aromatic nitrogens is 1. The van der Waals surface area contributed by atoms with Gasteiger partial charge in [0.25, 0.3) is 0 Å². The van der Waals surface area contributed by atoms with E-state index >= 15 is 0 Å². The molecule has 0 radical (unpaired) electrons. The van der Waals surface area contributed by atoms with Crippen LogP contribution in [0.15, 0.2) is 72.9 Å². The first kappa shape index (κ1) is 21.9. The SMILES string of the molecule is CC(C)(C)OC(=O)N1CCC(Oc2ccc(-c3ccc(-c4ccccc4)nc3)cc2)CC1. The second kappa shape index (κ2) is 9.43. The Hall–Kier alpha value is -3.34. The highest BCUT2D eigenvalue weighted by molar-refractivity contribution is 5.68. The quantitative estimate of drug-likeness (QED) is 0.495. The highest BCUT2D eigenvalue weighted by Crippen LogP contribution is 2.26. The first-order chi connectivity index (χ1) is 15.4. The van der Waals surface area contributed by atoms with Crippen molar-refractivity contribution in [1.82, 2.24) is 9.88 Å². The summed E-state index contributed by atoms with van der Waals surface area (Å²) in [5.74, 6) is 0.846. The molecule has 1 amide bonds. The Morgan fingerprint density at radius 1 is 0.875 bits per heavy atom. The topological polar surface area (TPSA) is 51.7 Å². The number of ether oxygens (including phenoxy) is 2. The van der Waals surface area contributed by atoms with Gasteiger partial charge in [0.15, 0.2) is 0 Å². The minimum absolute atomic E-state index is 0.103. The van der Waals surface area contributed by atoms with Crippen LogP contribution in [0.5, 0.6) is 5.75 Å². The number of benzene rings is 2. The van der Waals surface area contributed by atoms with Crippen molar-refractivity contribution in [3.8, 4) is 28.1 Å². The molecule has 0 N–H and O–H groups in total. The van der Waals surface area contributed by atoms with Crippen LogP contribution >= 0.6 is 0 Å². The fraction of sp³-hybridized carbons (Fsp3) is 0.333. The highest BCUT2D eigenvalue weighted by atomic mass is 16.6. The van der Waals surface area contributed by atoms with Crippen LogP contribution in [0.1, 0.15) is 33.6 Å². The number of likely N-dealkylation sites (tertiary alicyclic amines) is 1. The van der Waals surface area contributed by atoms with Crippen molar-refractivity contribution in [3.05, 3.63) is 72.9 Å². The van der Waals surface area contributed by atoms with E-state index in [2.05, 4.69) is 35.3 Å². The van der Waals surface area contributed by atoms with Gasteiger partial charge >= 0.3 is 6.09 Å². The molecule has 5 nitrogen and oxygen atoms in total. The number of rotatable bonds is 4. The van der Waals surface area contributed by atoms with Crippen LogP contribution in [0.3, 0.4) is 0 Å². The lowest BCUT2D eigenvalue weighted by Gasteiger charge is -2.33. The van der Waals surface area contributed by atoms with Crippen molar-refractivity contribution < 1.29 is 14.3 Å². The smallest absolute Gasteiger partial charge is 0.410 e. The monoisotopic (exact) mass is 430 g/mol. The van der Waals surface area contributed by atoms with Crippen molar-refractivity contribution in [2.45, 2.75) is 45.3 Å². The van der Waals surface area contributed by atoms with Crippen LogP contribution in [0.4, 0.5) is 4.79 Å². The van der Waals surface area contributed by atoms with Gasteiger partial charge in [-0.2, -0.15) is 0 Å². The lowest BCUT2D eigenvalue weighted by Crippen LogP contribution is -2.44. The summed E-state index contributed by atoms with van der Waals surface area (Å²) in [6, 6.07) is 22.4. The number of carbonyl (C=O) groups excluding carboxylic acids is 1. The normalized spacial score (nSPS) is 14.8. The molecular weight excluding hydrogens is 400 g/mol. The van der Waals surface area contributed by atoms with Crippen LogP contribution in [0, 0.1) is 0 Å². The average molecular weight is 431 g/mol. The predicted molar refractivity (Wildman–Crippen MR) is 127 cm³/mol. The molecule has 2 aromatic carbocycles. The van der Waals surface area contributed by atoms with Gasteiger partial charge in [-0.1, -0.05) is 48.5 Å². The first-order valence-electron chi connectivity index (χ1n) is 11.1. The van der Waals surface area contributed by atoms with Gasteiger partial charge in [-0.25, -0.2) is 4.79 Å². The zero-order valence-electron chi connectivity index (χ0n) is 19.0. The molecule has 32 heavy (non-hydrogen) atoms. The number of carbonyl (C=O) groups is 1. The van der Waals surface area contributed by atoms with Crippen LogP contribution < -0.4 is 4.74 Å². The summed E-state index contributed by atoms with van der Waals surface area (Å²) in [7, 11) is 0. The number of hydrogen-bond acceptors (Lipinski definition) is 4. The minimum atomic E-state index is -0.469.